The average molecular weight is 332 g/mol. The zero-order chi connectivity index (χ0) is 13.2. The van der Waals surface area contributed by atoms with Gasteiger partial charge in [-0.05, 0) is 65.0 Å². The summed E-state index contributed by atoms with van der Waals surface area (Å²) in [6.07, 6.45) is 6.08. The number of benzene rings is 1. The molecule has 0 heterocycles. The zero-order valence-electron chi connectivity index (χ0n) is 11.2. The molecule has 0 saturated heterocycles. The molecular weight excluding hydrogens is 310 g/mol. The molecule has 1 N–H and O–H groups in total. The first-order valence-corrected chi connectivity index (χ1v) is 8.48. The van der Waals surface area contributed by atoms with Gasteiger partial charge in [0.15, 0.2) is 0 Å². The lowest BCUT2D eigenvalue weighted by atomic mass is 10.2. The van der Waals surface area contributed by atoms with Crippen molar-refractivity contribution in [2.24, 2.45) is 0 Å². The van der Waals surface area contributed by atoms with E-state index in [-0.39, 0.29) is 0 Å². The molecule has 4 heteroatoms. The largest absolute Gasteiger partial charge is 0.496 e. The van der Waals surface area contributed by atoms with Gasteiger partial charge in [-0.15, -0.1) is 0 Å². The van der Waals surface area contributed by atoms with Crippen LogP contribution in [0.1, 0.15) is 24.8 Å². The lowest BCUT2D eigenvalue weighted by Gasteiger charge is -2.07. The molecule has 0 unspecified atom stereocenters. The SMILES string of the molecule is COc1ccc(CNCCCCCSC)cc1Br. The number of hydrogen-bond acceptors (Lipinski definition) is 3. The minimum atomic E-state index is 0.885. The Morgan fingerprint density at radius 1 is 1.28 bits per heavy atom. The van der Waals surface area contributed by atoms with Crippen LogP contribution in [0.5, 0.6) is 5.75 Å². The van der Waals surface area contributed by atoms with Gasteiger partial charge in [0.05, 0.1) is 11.6 Å². The fourth-order valence-electron chi connectivity index (χ4n) is 1.73. The number of rotatable bonds is 9. The topological polar surface area (TPSA) is 21.3 Å². The van der Waals surface area contributed by atoms with E-state index in [2.05, 4.69) is 39.6 Å². The standard InChI is InChI=1S/C14H22BrNOS/c1-17-14-7-6-12(10-13(14)15)11-16-8-4-3-5-9-18-2/h6-7,10,16H,3-5,8-9,11H2,1-2H3. The van der Waals surface area contributed by atoms with Gasteiger partial charge in [-0.1, -0.05) is 12.5 Å². The first-order valence-electron chi connectivity index (χ1n) is 6.30. The van der Waals surface area contributed by atoms with Gasteiger partial charge in [0, 0.05) is 6.54 Å². The minimum absolute atomic E-state index is 0.885. The molecule has 0 saturated carbocycles. The predicted molar refractivity (Wildman–Crippen MR) is 84.6 cm³/mol. The van der Waals surface area contributed by atoms with Crippen LogP contribution in [0.2, 0.25) is 0 Å². The Labute approximate surface area is 123 Å². The molecule has 0 radical (unpaired) electrons. The second kappa shape index (κ2) is 9.70. The van der Waals surface area contributed by atoms with Crippen LogP contribution < -0.4 is 10.1 Å². The molecule has 2 nitrogen and oxygen atoms in total. The van der Waals surface area contributed by atoms with Gasteiger partial charge in [-0.2, -0.15) is 11.8 Å². The Morgan fingerprint density at radius 2 is 2.11 bits per heavy atom. The van der Waals surface area contributed by atoms with Crippen LogP contribution in [0.3, 0.4) is 0 Å². The molecule has 1 aromatic carbocycles. The van der Waals surface area contributed by atoms with E-state index in [0.717, 1.165) is 23.3 Å². The van der Waals surface area contributed by atoms with Crippen molar-refractivity contribution in [2.45, 2.75) is 25.8 Å². The van der Waals surface area contributed by atoms with Crippen LogP contribution in [0, 0.1) is 0 Å². The summed E-state index contributed by atoms with van der Waals surface area (Å²) in [5, 5.41) is 3.47. The van der Waals surface area contributed by atoms with Gasteiger partial charge in [-0.25, -0.2) is 0 Å². The van der Waals surface area contributed by atoms with E-state index in [1.54, 1.807) is 7.11 Å². The van der Waals surface area contributed by atoms with E-state index in [1.165, 1.54) is 30.6 Å². The van der Waals surface area contributed by atoms with Crippen LogP contribution in [-0.2, 0) is 6.54 Å². The monoisotopic (exact) mass is 331 g/mol. The number of halogens is 1. The van der Waals surface area contributed by atoms with E-state index in [1.807, 2.05) is 17.8 Å². The third-order valence-electron chi connectivity index (χ3n) is 2.75. The van der Waals surface area contributed by atoms with Gasteiger partial charge in [0.2, 0.25) is 0 Å². The Hall–Kier alpha value is -0.190. The highest BCUT2D eigenvalue weighted by Gasteiger charge is 2.00. The molecule has 1 aromatic rings. The van der Waals surface area contributed by atoms with Crippen LogP contribution >= 0.6 is 27.7 Å². The van der Waals surface area contributed by atoms with Gasteiger partial charge >= 0.3 is 0 Å². The third kappa shape index (κ3) is 6.12. The molecule has 18 heavy (non-hydrogen) atoms. The van der Waals surface area contributed by atoms with Gasteiger partial charge in [0.1, 0.15) is 5.75 Å². The number of hydrogen-bond donors (Lipinski definition) is 1. The highest BCUT2D eigenvalue weighted by atomic mass is 79.9. The van der Waals surface area contributed by atoms with E-state index in [0.29, 0.717) is 0 Å². The molecule has 1 rings (SSSR count). The van der Waals surface area contributed by atoms with Crippen molar-refractivity contribution in [3.05, 3.63) is 28.2 Å². The summed E-state index contributed by atoms with van der Waals surface area (Å²) < 4.78 is 6.23. The maximum Gasteiger partial charge on any atom is 0.133 e. The Kier molecular flexibility index (Phi) is 8.55. The number of methoxy groups -OCH3 is 1. The summed E-state index contributed by atoms with van der Waals surface area (Å²) in [6.45, 7) is 2.02. The van der Waals surface area contributed by atoms with Crippen molar-refractivity contribution in [2.75, 3.05) is 25.7 Å². The summed E-state index contributed by atoms with van der Waals surface area (Å²) in [6, 6.07) is 6.21. The fourth-order valence-corrected chi connectivity index (χ4v) is 2.81. The predicted octanol–water partition coefficient (Wildman–Crippen LogP) is 4.08. The number of unbranched alkanes of at least 4 members (excludes halogenated alkanes) is 2. The molecule has 0 aliphatic carbocycles. The van der Waals surface area contributed by atoms with Gasteiger partial charge in [0.25, 0.3) is 0 Å². The lowest BCUT2D eigenvalue weighted by molar-refractivity contribution is 0.412. The summed E-state index contributed by atoms with van der Waals surface area (Å²) in [5.41, 5.74) is 1.28. The van der Waals surface area contributed by atoms with Crippen molar-refractivity contribution in [1.29, 1.82) is 0 Å². The second-order valence-electron chi connectivity index (χ2n) is 4.20. The number of thioether (sulfide) groups is 1. The van der Waals surface area contributed by atoms with Crippen LogP contribution in [0.4, 0.5) is 0 Å². The third-order valence-corrected chi connectivity index (χ3v) is 4.06. The summed E-state index contributed by atoms with van der Waals surface area (Å²) in [5.74, 6) is 2.17. The van der Waals surface area contributed by atoms with E-state index in [9.17, 15) is 0 Å². The lowest BCUT2D eigenvalue weighted by Crippen LogP contribution is -2.14. The second-order valence-corrected chi connectivity index (χ2v) is 6.04. The first kappa shape index (κ1) is 15.9. The molecule has 0 aliphatic rings. The summed E-state index contributed by atoms with van der Waals surface area (Å²) in [4.78, 5) is 0. The number of nitrogens with one attached hydrogen (secondary N) is 1. The molecule has 0 amide bonds. The Bertz CT molecular complexity index is 347. The summed E-state index contributed by atoms with van der Waals surface area (Å²) >= 11 is 5.43. The molecule has 0 aliphatic heterocycles. The first-order chi connectivity index (χ1) is 8.77. The maximum absolute atomic E-state index is 5.21. The highest BCUT2D eigenvalue weighted by Crippen LogP contribution is 2.25. The Balaban J connectivity index is 2.17. The molecule has 0 spiro atoms. The van der Waals surface area contributed by atoms with E-state index < -0.39 is 0 Å². The minimum Gasteiger partial charge on any atom is -0.496 e. The highest BCUT2D eigenvalue weighted by molar-refractivity contribution is 9.10. The molecular formula is C14H22BrNOS. The normalized spacial score (nSPS) is 10.6. The van der Waals surface area contributed by atoms with Crippen molar-refractivity contribution in [3.63, 3.8) is 0 Å². The smallest absolute Gasteiger partial charge is 0.133 e. The van der Waals surface area contributed by atoms with Gasteiger partial charge < -0.3 is 10.1 Å². The quantitative estimate of drug-likeness (QED) is 0.689. The van der Waals surface area contributed by atoms with Gasteiger partial charge in [-0.3, -0.25) is 0 Å². The zero-order valence-corrected chi connectivity index (χ0v) is 13.6. The number of ether oxygens (including phenoxy) is 1. The van der Waals surface area contributed by atoms with Crippen LogP contribution in [0.15, 0.2) is 22.7 Å². The molecule has 102 valence electrons. The summed E-state index contributed by atoms with van der Waals surface area (Å²) in [7, 11) is 1.69. The maximum atomic E-state index is 5.21. The molecule has 0 aromatic heterocycles. The Morgan fingerprint density at radius 3 is 2.78 bits per heavy atom. The van der Waals surface area contributed by atoms with Crippen molar-refractivity contribution in [3.8, 4) is 5.75 Å². The van der Waals surface area contributed by atoms with Crippen LogP contribution in [0.25, 0.3) is 0 Å². The van der Waals surface area contributed by atoms with E-state index in [4.69, 9.17) is 4.74 Å². The fraction of sp³-hybridized carbons (Fsp3) is 0.571. The van der Waals surface area contributed by atoms with Crippen LogP contribution in [-0.4, -0.2) is 25.7 Å². The molecule has 0 atom stereocenters. The van der Waals surface area contributed by atoms with Crippen molar-refractivity contribution in [1.82, 2.24) is 5.32 Å². The van der Waals surface area contributed by atoms with Crippen molar-refractivity contribution < 1.29 is 4.74 Å². The van der Waals surface area contributed by atoms with E-state index >= 15 is 0 Å². The average Bonchev–Trinajstić information content (AvgIpc) is 2.38. The van der Waals surface area contributed by atoms with Crippen molar-refractivity contribution >= 4 is 27.7 Å². The molecule has 0 bridgehead atoms. The molecule has 0 fully saturated rings.